The van der Waals surface area contributed by atoms with Crippen LogP contribution in [0.25, 0.3) is 16.7 Å². The van der Waals surface area contributed by atoms with Gasteiger partial charge < -0.3 is 19.5 Å². The Hall–Kier alpha value is -4.13. The van der Waals surface area contributed by atoms with Crippen LogP contribution >= 0.6 is 11.6 Å². The van der Waals surface area contributed by atoms with E-state index in [1.807, 2.05) is 31.7 Å². The van der Waals surface area contributed by atoms with Gasteiger partial charge in [0.1, 0.15) is 6.54 Å². The highest BCUT2D eigenvalue weighted by Crippen LogP contribution is 2.26. The van der Waals surface area contributed by atoms with Gasteiger partial charge in [0.05, 0.1) is 29.6 Å². The molecule has 0 spiro atoms. The van der Waals surface area contributed by atoms with Gasteiger partial charge in [-0.05, 0) is 50.6 Å². The van der Waals surface area contributed by atoms with Gasteiger partial charge >= 0.3 is 0 Å². The van der Waals surface area contributed by atoms with Crippen molar-refractivity contribution in [3.8, 4) is 5.82 Å². The number of fused-ring (bicyclic) bond motifs is 1. The van der Waals surface area contributed by atoms with Crippen molar-refractivity contribution >= 4 is 45.9 Å². The number of ketones is 1. The number of halogens is 1. The first-order valence-electron chi connectivity index (χ1n) is 14.9. The van der Waals surface area contributed by atoms with Crippen LogP contribution in [0.2, 0.25) is 5.02 Å². The highest BCUT2D eigenvalue weighted by molar-refractivity contribution is 6.31. The number of hydrogen-bond acceptors (Lipinski definition) is 8. The summed E-state index contributed by atoms with van der Waals surface area (Å²) in [6.07, 6.45) is 4.42. The minimum atomic E-state index is -0.406. The van der Waals surface area contributed by atoms with Crippen molar-refractivity contribution in [2.75, 3.05) is 51.3 Å². The molecule has 0 atom stereocenters. The van der Waals surface area contributed by atoms with Crippen LogP contribution < -0.4 is 5.32 Å². The summed E-state index contributed by atoms with van der Waals surface area (Å²) in [6, 6.07) is 8.57. The number of anilines is 1. The highest BCUT2D eigenvalue weighted by Gasteiger charge is 2.23. The fourth-order valence-corrected chi connectivity index (χ4v) is 5.52. The Morgan fingerprint density at radius 3 is 2.52 bits per heavy atom. The van der Waals surface area contributed by atoms with Crippen molar-refractivity contribution in [1.29, 1.82) is 0 Å². The number of aromatic nitrogens is 5. The van der Waals surface area contributed by atoms with Gasteiger partial charge in [-0.2, -0.15) is 5.10 Å². The van der Waals surface area contributed by atoms with E-state index in [2.05, 4.69) is 25.5 Å². The van der Waals surface area contributed by atoms with E-state index in [-0.39, 0.29) is 24.1 Å². The molecule has 3 aromatic heterocycles. The summed E-state index contributed by atoms with van der Waals surface area (Å²) in [5.41, 5.74) is 2.33. The Balaban J connectivity index is 1.28. The molecular weight excluding hydrogens is 584 g/mol. The lowest BCUT2D eigenvalue weighted by Crippen LogP contribution is -2.50. The summed E-state index contributed by atoms with van der Waals surface area (Å²) in [5.74, 6) is 0.282. The minimum absolute atomic E-state index is 0.0109. The van der Waals surface area contributed by atoms with Crippen LogP contribution in [-0.2, 0) is 16.1 Å². The van der Waals surface area contributed by atoms with Crippen LogP contribution in [0.15, 0.2) is 42.7 Å². The summed E-state index contributed by atoms with van der Waals surface area (Å²) >= 11 is 6.30. The Morgan fingerprint density at radius 1 is 1.02 bits per heavy atom. The molecule has 12 nitrogen and oxygen atoms in total. The smallest absolute Gasteiger partial charge is 0.259 e. The van der Waals surface area contributed by atoms with E-state index >= 15 is 0 Å². The molecule has 4 heterocycles. The normalized spacial score (nSPS) is 13.9. The number of carbonyl (C=O) groups excluding carboxylic acids is 3. The lowest BCUT2D eigenvalue weighted by Gasteiger charge is -2.34. The summed E-state index contributed by atoms with van der Waals surface area (Å²) in [4.78, 5) is 43.2. The second-order valence-corrected chi connectivity index (χ2v) is 11.1. The summed E-state index contributed by atoms with van der Waals surface area (Å²) in [5, 5.41) is 16.6. The van der Waals surface area contributed by atoms with Crippen molar-refractivity contribution in [2.24, 2.45) is 0 Å². The van der Waals surface area contributed by atoms with Crippen molar-refractivity contribution in [1.82, 2.24) is 34.3 Å². The van der Waals surface area contributed by atoms with Gasteiger partial charge in [-0.1, -0.05) is 18.5 Å². The zero-order chi connectivity index (χ0) is 31.2. The third-order valence-corrected chi connectivity index (χ3v) is 8.01. The van der Waals surface area contributed by atoms with Crippen LogP contribution in [0.3, 0.4) is 0 Å². The molecule has 44 heavy (non-hydrogen) atoms. The molecule has 1 N–H and O–H groups in total. The Kier molecular flexibility index (Phi) is 10.0. The molecule has 1 aromatic carbocycles. The lowest BCUT2D eigenvalue weighted by atomic mass is 10.1. The molecule has 0 radical (unpaired) electrons. The number of piperazine rings is 1. The molecule has 0 unspecified atom stereocenters. The number of Topliss-reactive ketones (excluding diaryl/α,β-unsaturated/α-hetero) is 1. The fourth-order valence-electron chi connectivity index (χ4n) is 5.35. The molecular formula is C31H37ClN8O4. The number of carbonyl (C=O) groups is 3. The zero-order valence-corrected chi connectivity index (χ0v) is 26.0. The molecule has 0 aliphatic carbocycles. The van der Waals surface area contributed by atoms with Gasteiger partial charge in [0.15, 0.2) is 17.4 Å². The largest absolute Gasteiger partial charge is 0.380 e. The lowest BCUT2D eigenvalue weighted by molar-refractivity contribution is -0.133. The van der Waals surface area contributed by atoms with E-state index in [1.54, 1.807) is 45.9 Å². The standard InChI is InChI=1S/C31H37ClN8O4/c1-4-6-27(41)24-18-33-40(21(24)3)29-10-9-28(35-36-29)34-31(43)25-19-39(26-8-7-22(32)17-23(25)26)20-30(42)38-13-11-37(12-14-38)15-16-44-5-2/h7-10,17-19H,4-6,11-16,20H2,1-3H3,(H,34,35,43). The molecule has 4 aromatic rings. The first kappa shape index (κ1) is 31.3. The summed E-state index contributed by atoms with van der Waals surface area (Å²) < 4.78 is 8.79. The molecule has 2 amide bonds. The van der Waals surface area contributed by atoms with Gasteiger partial charge in [0.25, 0.3) is 5.91 Å². The number of nitrogens with zero attached hydrogens (tertiary/aromatic N) is 7. The molecule has 1 aliphatic rings. The van der Waals surface area contributed by atoms with Crippen molar-refractivity contribution in [3.63, 3.8) is 0 Å². The zero-order valence-electron chi connectivity index (χ0n) is 25.3. The molecule has 1 fully saturated rings. The molecule has 1 saturated heterocycles. The highest BCUT2D eigenvalue weighted by atomic mass is 35.5. The molecule has 13 heteroatoms. The average Bonchev–Trinajstić information content (AvgIpc) is 3.58. The maximum atomic E-state index is 13.4. The first-order chi connectivity index (χ1) is 21.3. The van der Waals surface area contributed by atoms with Gasteiger partial charge in [-0.3, -0.25) is 19.3 Å². The molecule has 0 saturated carbocycles. The van der Waals surface area contributed by atoms with Gasteiger partial charge in [-0.25, -0.2) is 4.68 Å². The van der Waals surface area contributed by atoms with E-state index in [0.29, 0.717) is 65.8 Å². The number of nitrogens with one attached hydrogen (secondary N) is 1. The first-order valence-corrected chi connectivity index (χ1v) is 15.3. The van der Waals surface area contributed by atoms with Crippen LogP contribution in [0.5, 0.6) is 0 Å². The third kappa shape index (κ3) is 6.98. The molecule has 0 bridgehead atoms. The third-order valence-electron chi connectivity index (χ3n) is 7.77. The van der Waals surface area contributed by atoms with Gasteiger partial charge in [-0.15, -0.1) is 10.2 Å². The number of rotatable bonds is 12. The number of hydrogen-bond donors (Lipinski definition) is 1. The van der Waals surface area contributed by atoms with Crippen LogP contribution in [0, 0.1) is 6.92 Å². The number of ether oxygens (including phenoxy) is 1. The summed E-state index contributed by atoms with van der Waals surface area (Å²) in [6.45, 7) is 11.0. The van der Waals surface area contributed by atoms with Crippen molar-refractivity contribution < 1.29 is 19.1 Å². The van der Waals surface area contributed by atoms with Crippen LogP contribution in [-0.4, -0.2) is 97.9 Å². The maximum absolute atomic E-state index is 13.4. The van der Waals surface area contributed by atoms with Crippen molar-refractivity contribution in [2.45, 2.75) is 40.2 Å². The minimum Gasteiger partial charge on any atom is -0.380 e. The van der Waals surface area contributed by atoms with E-state index < -0.39 is 5.91 Å². The topological polar surface area (TPSA) is 127 Å². The van der Waals surface area contributed by atoms with Crippen molar-refractivity contribution in [3.05, 3.63) is 64.6 Å². The van der Waals surface area contributed by atoms with Gasteiger partial charge in [0, 0.05) is 67.9 Å². The van der Waals surface area contributed by atoms with E-state index in [1.165, 1.54) is 0 Å². The maximum Gasteiger partial charge on any atom is 0.259 e. The van der Waals surface area contributed by atoms with Crippen LogP contribution in [0.1, 0.15) is 53.1 Å². The van der Waals surface area contributed by atoms with E-state index in [4.69, 9.17) is 16.3 Å². The van der Waals surface area contributed by atoms with E-state index in [9.17, 15) is 14.4 Å². The average molecular weight is 621 g/mol. The molecule has 232 valence electrons. The molecule has 5 rings (SSSR count). The molecule has 1 aliphatic heterocycles. The number of benzene rings is 1. The van der Waals surface area contributed by atoms with Crippen LogP contribution in [0.4, 0.5) is 5.82 Å². The quantitative estimate of drug-likeness (QED) is 0.186. The predicted molar refractivity (Wildman–Crippen MR) is 168 cm³/mol. The Bertz CT molecular complexity index is 1640. The second kappa shape index (κ2) is 14.1. The number of amides is 2. The Morgan fingerprint density at radius 2 is 1.82 bits per heavy atom. The summed E-state index contributed by atoms with van der Waals surface area (Å²) in [7, 11) is 0. The predicted octanol–water partition coefficient (Wildman–Crippen LogP) is 3.99. The SMILES string of the molecule is CCCC(=O)c1cnn(-c2ccc(NC(=O)c3cn(CC(=O)N4CCN(CCOCC)CC4)c4ccc(Cl)cc34)nn2)c1C. The van der Waals surface area contributed by atoms with Gasteiger partial charge in [0.2, 0.25) is 5.91 Å². The Labute approximate surface area is 260 Å². The fraction of sp³-hybridized carbons (Fsp3) is 0.419. The second-order valence-electron chi connectivity index (χ2n) is 10.7. The monoisotopic (exact) mass is 620 g/mol. The van der Waals surface area contributed by atoms with E-state index in [0.717, 1.165) is 31.6 Å².